The molecule has 0 aromatic heterocycles. The van der Waals surface area contributed by atoms with Gasteiger partial charge < -0.3 is 9.11 Å². The first kappa shape index (κ1) is 47.5. The molecule has 0 spiro atoms. The van der Waals surface area contributed by atoms with Crippen LogP contribution in [0.15, 0.2) is 222 Å². The molecule has 60 heavy (non-hydrogen) atoms. The Kier molecular flexibility index (Phi) is 17.4. The van der Waals surface area contributed by atoms with Crippen molar-refractivity contribution >= 4 is 42.0 Å². The molecule has 0 atom stereocenters. The number of hydrogen-bond donors (Lipinski definition) is 0. The molecule has 7 rings (SSSR count). The number of rotatable bonds is 7. The summed E-state index contributed by atoms with van der Waals surface area (Å²) in [5, 5.41) is 0. The van der Waals surface area contributed by atoms with E-state index in [2.05, 4.69) is 185 Å². The van der Waals surface area contributed by atoms with E-state index >= 15 is 0 Å². The summed E-state index contributed by atoms with van der Waals surface area (Å²) in [6.07, 6.45) is 0. The highest BCUT2D eigenvalue weighted by Crippen LogP contribution is 2.35. The molecule has 0 unspecified atom stereocenters. The third-order valence-corrected chi connectivity index (χ3v) is 14.7. The first-order valence-corrected chi connectivity index (χ1v) is 23.5. The Morgan fingerprint density at radius 3 is 1.00 bits per heavy atom. The fourth-order valence-electron chi connectivity index (χ4n) is 5.44. The van der Waals surface area contributed by atoms with Gasteiger partial charge >= 0.3 is 5.51 Å². The Bertz CT molecular complexity index is 2470. The molecule has 0 heterocycles. The summed E-state index contributed by atoms with van der Waals surface area (Å²) in [5.74, 6) is 0. The Hall–Kier alpha value is -5.15. The maximum absolute atomic E-state index is 10.7. The van der Waals surface area contributed by atoms with Crippen LogP contribution in [-0.2, 0) is 42.0 Å². The Labute approximate surface area is 357 Å². The van der Waals surface area contributed by atoms with Gasteiger partial charge in [0.25, 0.3) is 0 Å². The normalized spacial score (nSPS) is 11.3. The van der Waals surface area contributed by atoms with Crippen LogP contribution in [0.25, 0.3) is 0 Å². The van der Waals surface area contributed by atoms with Crippen LogP contribution < -0.4 is 0 Å². The van der Waals surface area contributed by atoms with Crippen LogP contribution in [0, 0.1) is 27.7 Å². The molecular formula is C47H43F3O6S4. The molecular weight excluding hydrogens is 846 g/mol. The quantitative estimate of drug-likeness (QED) is 0.0894. The zero-order valence-corrected chi connectivity index (χ0v) is 36.4. The van der Waals surface area contributed by atoms with Crippen LogP contribution in [0.1, 0.15) is 22.3 Å². The van der Waals surface area contributed by atoms with E-state index in [1.165, 1.54) is 58.2 Å². The summed E-state index contributed by atoms with van der Waals surface area (Å²) >= 11 is 0. The molecule has 0 aliphatic carbocycles. The summed E-state index contributed by atoms with van der Waals surface area (Å²) in [6, 6.07) is 64.2. The van der Waals surface area contributed by atoms with E-state index in [0.717, 1.165) is 5.56 Å². The maximum atomic E-state index is 10.7. The van der Waals surface area contributed by atoms with Crippen molar-refractivity contribution in [3.8, 4) is 0 Å². The predicted molar refractivity (Wildman–Crippen MR) is 232 cm³/mol. The van der Waals surface area contributed by atoms with Crippen molar-refractivity contribution in [3.05, 3.63) is 210 Å². The van der Waals surface area contributed by atoms with Crippen molar-refractivity contribution in [1.82, 2.24) is 0 Å². The highest BCUT2D eigenvalue weighted by molar-refractivity contribution is 7.97. The van der Waals surface area contributed by atoms with Gasteiger partial charge in [-0.25, -0.2) is 16.8 Å². The number of alkyl halides is 3. The van der Waals surface area contributed by atoms with Gasteiger partial charge in [-0.05, 0) is 118 Å². The summed E-state index contributed by atoms with van der Waals surface area (Å²) in [6.45, 7) is 8.49. The molecule has 312 valence electrons. The summed E-state index contributed by atoms with van der Waals surface area (Å²) in [5.41, 5.74) is -0.534. The van der Waals surface area contributed by atoms with Gasteiger partial charge in [-0.3, -0.25) is 0 Å². The van der Waals surface area contributed by atoms with Crippen molar-refractivity contribution < 1.29 is 39.1 Å². The van der Waals surface area contributed by atoms with Crippen LogP contribution >= 0.6 is 0 Å². The summed E-state index contributed by atoms with van der Waals surface area (Å²) in [4.78, 5) is 8.09. The molecule has 0 bridgehead atoms. The number of hydrogen-bond acceptors (Lipinski definition) is 6. The molecule has 0 fully saturated rings. The van der Waals surface area contributed by atoms with Crippen LogP contribution in [-0.4, -0.2) is 31.4 Å². The van der Waals surface area contributed by atoms with Crippen molar-refractivity contribution in [1.29, 1.82) is 0 Å². The molecule has 7 aromatic carbocycles. The molecule has 0 N–H and O–H groups in total. The molecule has 0 saturated carbocycles. The number of halogens is 3. The van der Waals surface area contributed by atoms with E-state index in [9.17, 15) is 26.1 Å². The van der Waals surface area contributed by atoms with Crippen LogP contribution in [0.2, 0.25) is 0 Å². The van der Waals surface area contributed by atoms with Gasteiger partial charge in [0, 0.05) is 5.56 Å². The van der Waals surface area contributed by atoms with Crippen molar-refractivity contribution in [3.63, 3.8) is 0 Å². The first-order valence-electron chi connectivity index (χ1n) is 18.2. The summed E-state index contributed by atoms with van der Waals surface area (Å²) < 4.78 is 90.1. The zero-order chi connectivity index (χ0) is 43.9. The molecule has 7 aromatic rings. The largest absolute Gasteiger partial charge is 0.744 e. The molecule has 0 saturated heterocycles. The van der Waals surface area contributed by atoms with E-state index in [-0.39, 0.29) is 26.7 Å². The van der Waals surface area contributed by atoms with Gasteiger partial charge in [0.2, 0.25) is 0 Å². The number of aryl methyl sites for hydroxylation is 2. The van der Waals surface area contributed by atoms with Gasteiger partial charge in [-0.15, -0.1) is 0 Å². The Morgan fingerprint density at radius 2 is 0.717 bits per heavy atom. The lowest BCUT2D eigenvalue weighted by molar-refractivity contribution is -0.0517. The van der Waals surface area contributed by atoms with Crippen LogP contribution in [0.3, 0.4) is 0 Å². The average Bonchev–Trinajstić information content (AvgIpc) is 3.23. The first-order chi connectivity index (χ1) is 28.4. The van der Waals surface area contributed by atoms with E-state index in [1.807, 2.05) is 6.92 Å². The van der Waals surface area contributed by atoms with Gasteiger partial charge in [-0.1, -0.05) is 115 Å². The Morgan fingerprint density at radius 1 is 0.417 bits per heavy atom. The second-order valence-electron chi connectivity index (χ2n) is 13.0. The van der Waals surface area contributed by atoms with Gasteiger partial charge in [-0.2, -0.15) is 13.2 Å². The highest BCUT2D eigenvalue weighted by Gasteiger charge is 2.37. The predicted octanol–water partition coefficient (Wildman–Crippen LogP) is 11.4. The average molecular weight is 889 g/mol. The van der Waals surface area contributed by atoms with E-state index in [1.54, 1.807) is 12.1 Å². The highest BCUT2D eigenvalue weighted by atomic mass is 32.2. The van der Waals surface area contributed by atoms with Gasteiger partial charge in [0.15, 0.2) is 39.5 Å². The fraction of sp³-hybridized carbons (Fsp3) is 0.106. The minimum absolute atomic E-state index is 0.0146. The topological polar surface area (TPSA) is 114 Å². The molecule has 6 nitrogen and oxygen atoms in total. The number of benzene rings is 7. The van der Waals surface area contributed by atoms with Crippen molar-refractivity contribution in [2.75, 3.05) is 0 Å². The Balaban J connectivity index is 0.000000189. The van der Waals surface area contributed by atoms with Gasteiger partial charge in [0.05, 0.1) is 26.7 Å². The monoisotopic (exact) mass is 888 g/mol. The molecule has 0 aliphatic rings. The minimum atomic E-state index is -6.09. The standard InChI is InChI=1S/C21H21S.C18H15S.C7H8O3S.CHF3O3S/c1-16-14-15-21(18(3)17(16)2)22(19-10-6-4-7-11-19)20-12-8-5-9-13-20;1-4-10-16(11-5-1)19(17-12-6-2-7-13-17)18-14-8-3-9-15-18;1-6-2-4-7(5-3-6)11(8,9)10;2-1(3,4)8(5,6)7/h4-15H,1-3H3;1-15H;2-5H,1H3,(H,8,9,10);(H,5,6,7)/q2*+1;;/p-2. The third kappa shape index (κ3) is 14.0. The van der Waals surface area contributed by atoms with Crippen molar-refractivity contribution in [2.24, 2.45) is 0 Å². The lowest BCUT2D eigenvalue weighted by Crippen LogP contribution is -2.21. The lowest BCUT2D eigenvalue weighted by Gasteiger charge is -2.13. The van der Waals surface area contributed by atoms with E-state index in [0.29, 0.717) is 0 Å². The second kappa shape index (κ2) is 21.9. The van der Waals surface area contributed by atoms with E-state index < -0.39 is 25.7 Å². The third-order valence-electron chi connectivity index (χ3n) is 8.72. The smallest absolute Gasteiger partial charge is 0.485 e. The molecule has 13 heteroatoms. The second-order valence-corrected chi connectivity index (χ2v) is 19.7. The zero-order valence-electron chi connectivity index (χ0n) is 33.1. The van der Waals surface area contributed by atoms with Gasteiger partial charge in [0.1, 0.15) is 10.1 Å². The maximum Gasteiger partial charge on any atom is 0.485 e. The molecule has 0 aliphatic heterocycles. The summed E-state index contributed by atoms with van der Waals surface area (Å²) in [7, 11) is -10.4. The van der Waals surface area contributed by atoms with Crippen molar-refractivity contribution in [2.45, 2.75) is 67.5 Å². The molecule has 0 amide bonds. The van der Waals surface area contributed by atoms with Crippen LogP contribution in [0.5, 0.6) is 0 Å². The van der Waals surface area contributed by atoms with E-state index in [4.69, 9.17) is 13.0 Å². The molecule has 0 radical (unpaired) electrons. The SMILES string of the molecule is Cc1ccc(S(=O)(=O)[O-])cc1.Cc1ccc([S+](c2ccccc2)c2ccccc2)c(C)c1C.O=S(=O)([O-])C(F)(F)F.c1ccc([S+](c2ccccc2)c2ccccc2)cc1. The minimum Gasteiger partial charge on any atom is -0.744 e. The lowest BCUT2D eigenvalue weighted by atomic mass is 10.1. The van der Waals surface area contributed by atoms with Crippen LogP contribution in [0.4, 0.5) is 13.2 Å². The fourth-order valence-corrected chi connectivity index (χ4v) is 10.3.